The zero-order valence-electron chi connectivity index (χ0n) is 12.6. The molecule has 1 heterocycles. The van der Waals surface area contributed by atoms with Crippen molar-refractivity contribution in [2.45, 2.75) is 24.7 Å². The third-order valence-electron chi connectivity index (χ3n) is 3.81. The highest BCUT2D eigenvalue weighted by atomic mass is 35.5. The van der Waals surface area contributed by atoms with Crippen molar-refractivity contribution in [3.05, 3.63) is 29.3 Å². The highest BCUT2D eigenvalue weighted by Gasteiger charge is 2.32. The van der Waals surface area contributed by atoms with Gasteiger partial charge in [-0.3, -0.25) is 0 Å². The maximum atomic E-state index is 13.9. The lowest BCUT2D eigenvalue weighted by atomic mass is 10.00. The average molecular weight is 355 g/mol. The fourth-order valence-corrected chi connectivity index (χ4v) is 4.28. The van der Waals surface area contributed by atoms with Gasteiger partial charge in [-0.1, -0.05) is 0 Å². The maximum Gasteiger partial charge on any atom is 0.246 e. The smallest absolute Gasteiger partial charge is 0.246 e. The topological polar surface area (TPSA) is 49.4 Å². The van der Waals surface area contributed by atoms with Gasteiger partial charge in [0.1, 0.15) is 16.5 Å². The van der Waals surface area contributed by atoms with E-state index in [2.05, 4.69) is 5.32 Å². The number of rotatable bonds is 4. The van der Waals surface area contributed by atoms with Crippen molar-refractivity contribution in [3.63, 3.8) is 0 Å². The third kappa shape index (κ3) is 3.95. The summed E-state index contributed by atoms with van der Waals surface area (Å²) in [6, 6.07) is 1.71. The summed E-state index contributed by atoms with van der Waals surface area (Å²) in [5.74, 6) is -1.42. The van der Waals surface area contributed by atoms with E-state index in [1.54, 1.807) is 0 Å². The van der Waals surface area contributed by atoms with Gasteiger partial charge in [0.25, 0.3) is 0 Å². The van der Waals surface area contributed by atoms with Crippen LogP contribution in [0.5, 0.6) is 0 Å². The quantitative estimate of drug-likeness (QED) is 0.902. The minimum absolute atomic E-state index is 0. The number of aryl methyl sites for hydroxylation is 1. The molecule has 22 heavy (non-hydrogen) atoms. The first kappa shape index (κ1) is 19.3. The largest absolute Gasteiger partial charge is 0.319 e. The van der Waals surface area contributed by atoms with E-state index in [0.717, 1.165) is 25.0 Å². The summed E-state index contributed by atoms with van der Waals surface area (Å²) in [6.45, 7) is 2.78. The molecular formula is C14H21ClF2N2O2S. The van der Waals surface area contributed by atoms with E-state index < -0.39 is 26.6 Å². The van der Waals surface area contributed by atoms with Crippen molar-refractivity contribution in [1.29, 1.82) is 0 Å². The van der Waals surface area contributed by atoms with Crippen molar-refractivity contribution >= 4 is 22.4 Å². The van der Waals surface area contributed by atoms with E-state index in [4.69, 9.17) is 0 Å². The molecule has 0 bridgehead atoms. The second-order valence-corrected chi connectivity index (χ2v) is 7.37. The first-order valence-electron chi connectivity index (χ1n) is 6.96. The molecule has 1 atom stereocenters. The summed E-state index contributed by atoms with van der Waals surface area (Å²) < 4.78 is 53.8. The van der Waals surface area contributed by atoms with Crippen molar-refractivity contribution < 1.29 is 17.2 Å². The second-order valence-electron chi connectivity index (χ2n) is 5.46. The van der Waals surface area contributed by atoms with Gasteiger partial charge in [0.05, 0.1) is 0 Å². The van der Waals surface area contributed by atoms with Gasteiger partial charge in [-0.25, -0.2) is 17.2 Å². The Balaban J connectivity index is 0.00000242. The summed E-state index contributed by atoms with van der Waals surface area (Å²) in [5.41, 5.74) is 0.0955. The van der Waals surface area contributed by atoms with Crippen molar-refractivity contribution in [1.82, 2.24) is 9.62 Å². The number of hydrogen-bond acceptors (Lipinski definition) is 3. The van der Waals surface area contributed by atoms with Gasteiger partial charge in [0.2, 0.25) is 10.0 Å². The molecule has 0 spiro atoms. The summed E-state index contributed by atoms with van der Waals surface area (Å²) in [6.07, 6.45) is 1.65. The van der Waals surface area contributed by atoms with Gasteiger partial charge in [-0.15, -0.1) is 12.4 Å². The summed E-state index contributed by atoms with van der Waals surface area (Å²) in [7, 11) is -2.18. The van der Waals surface area contributed by atoms with E-state index in [1.165, 1.54) is 11.2 Å². The van der Waals surface area contributed by atoms with E-state index in [1.807, 2.05) is 7.05 Å². The van der Waals surface area contributed by atoms with Crippen LogP contribution in [-0.4, -0.2) is 39.4 Å². The average Bonchev–Trinajstić information content (AvgIpc) is 2.43. The molecular weight excluding hydrogens is 334 g/mol. The van der Waals surface area contributed by atoms with Crippen LogP contribution in [0.1, 0.15) is 18.4 Å². The van der Waals surface area contributed by atoms with Gasteiger partial charge >= 0.3 is 0 Å². The van der Waals surface area contributed by atoms with Crippen LogP contribution in [0.3, 0.4) is 0 Å². The van der Waals surface area contributed by atoms with Crippen LogP contribution in [0.4, 0.5) is 8.78 Å². The van der Waals surface area contributed by atoms with Crippen LogP contribution >= 0.6 is 12.4 Å². The zero-order chi connectivity index (χ0) is 15.6. The fourth-order valence-electron chi connectivity index (χ4n) is 2.67. The number of nitrogens with zero attached hydrogens (tertiary/aromatic N) is 1. The highest BCUT2D eigenvalue weighted by molar-refractivity contribution is 7.89. The molecule has 0 aliphatic carbocycles. The summed E-state index contributed by atoms with van der Waals surface area (Å²) in [4.78, 5) is -0.573. The molecule has 1 unspecified atom stereocenters. The summed E-state index contributed by atoms with van der Waals surface area (Å²) >= 11 is 0. The molecule has 4 nitrogen and oxygen atoms in total. The Kier molecular flexibility index (Phi) is 6.73. The molecule has 1 aliphatic heterocycles. The molecule has 2 rings (SSSR count). The van der Waals surface area contributed by atoms with Crippen molar-refractivity contribution in [2.24, 2.45) is 5.92 Å². The number of halogens is 3. The van der Waals surface area contributed by atoms with Gasteiger partial charge in [0, 0.05) is 13.1 Å². The Hall–Kier alpha value is -0.760. The van der Waals surface area contributed by atoms with E-state index in [9.17, 15) is 17.2 Å². The number of piperidine rings is 1. The molecule has 1 aromatic carbocycles. The molecule has 0 aromatic heterocycles. The molecule has 8 heteroatoms. The lowest BCUT2D eigenvalue weighted by Gasteiger charge is -2.32. The minimum atomic E-state index is -3.99. The molecule has 1 fully saturated rings. The van der Waals surface area contributed by atoms with Crippen molar-refractivity contribution in [3.8, 4) is 0 Å². The fraction of sp³-hybridized carbons (Fsp3) is 0.571. The molecule has 1 N–H and O–H groups in total. The molecule has 1 aliphatic rings. The normalized spacial score (nSPS) is 19.7. The maximum absolute atomic E-state index is 13.9. The number of benzene rings is 1. The van der Waals surface area contributed by atoms with Gasteiger partial charge in [0.15, 0.2) is 0 Å². The Morgan fingerprint density at radius 2 is 2.00 bits per heavy atom. The standard InChI is InChI=1S/C14H20F2N2O2S.ClH/c1-10-6-13(16)14(7-12(10)15)21(19,20)18-5-3-4-11(9-18)8-17-2;/h6-7,11,17H,3-5,8-9H2,1-2H3;1H. The molecule has 0 amide bonds. The Morgan fingerprint density at radius 1 is 1.32 bits per heavy atom. The van der Waals surface area contributed by atoms with Crippen LogP contribution in [0, 0.1) is 24.5 Å². The predicted octanol–water partition coefficient (Wildman–Crippen LogP) is 2.32. The SMILES string of the molecule is CNCC1CCCN(S(=O)(=O)c2cc(F)c(C)cc2F)C1.Cl. The Morgan fingerprint density at radius 3 is 2.64 bits per heavy atom. The lowest BCUT2D eigenvalue weighted by molar-refractivity contribution is 0.262. The predicted molar refractivity (Wildman–Crippen MR) is 83.8 cm³/mol. The molecule has 0 saturated carbocycles. The zero-order valence-corrected chi connectivity index (χ0v) is 14.2. The molecule has 126 valence electrons. The number of nitrogens with one attached hydrogen (secondary N) is 1. The number of sulfonamides is 1. The first-order chi connectivity index (χ1) is 9.86. The monoisotopic (exact) mass is 354 g/mol. The first-order valence-corrected chi connectivity index (χ1v) is 8.40. The summed E-state index contributed by atoms with van der Waals surface area (Å²) in [5, 5.41) is 3.02. The Labute approximate surface area is 136 Å². The van der Waals surface area contributed by atoms with E-state index >= 15 is 0 Å². The van der Waals surface area contributed by atoms with Gasteiger partial charge < -0.3 is 5.32 Å². The minimum Gasteiger partial charge on any atom is -0.319 e. The van der Waals surface area contributed by atoms with Crippen molar-refractivity contribution in [2.75, 3.05) is 26.7 Å². The molecule has 1 aromatic rings. The number of hydrogen-bond donors (Lipinski definition) is 1. The van der Waals surface area contributed by atoms with Crippen LogP contribution in [-0.2, 0) is 10.0 Å². The van der Waals surface area contributed by atoms with Crippen LogP contribution in [0.25, 0.3) is 0 Å². The molecule has 0 radical (unpaired) electrons. The van der Waals surface area contributed by atoms with Crippen LogP contribution in [0.2, 0.25) is 0 Å². The van der Waals surface area contributed by atoms with Crippen LogP contribution in [0.15, 0.2) is 17.0 Å². The van der Waals surface area contributed by atoms with Gasteiger partial charge in [-0.05, 0) is 57.0 Å². The Bertz CT molecular complexity index is 624. The molecule has 1 saturated heterocycles. The van der Waals surface area contributed by atoms with Gasteiger partial charge in [-0.2, -0.15) is 4.31 Å². The third-order valence-corrected chi connectivity index (χ3v) is 5.69. The second kappa shape index (κ2) is 7.68. The van der Waals surface area contributed by atoms with E-state index in [-0.39, 0.29) is 23.9 Å². The lowest BCUT2D eigenvalue weighted by Crippen LogP contribution is -2.42. The van der Waals surface area contributed by atoms with Crippen LogP contribution < -0.4 is 5.32 Å². The highest BCUT2D eigenvalue weighted by Crippen LogP contribution is 2.26. The van der Waals surface area contributed by atoms with E-state index in [0.29, 0.717) is 19.6 Å².